The van der Waals surface area contributed by atoms with Crippen molar-refractivity contribution in [1.29, 1.82) is 0 Å². The SMILES string of the molecule is CC(N)Cc1ccc(N(C)C)cc1F.Cl. The van der Waals surface area contributed by atoms with Gasteiger partial charge in [0.05, 0.1) is 0 Å². The summed E-state index contributed by atoms with van der Waals surface area (Å²) < 4.78 is 13.5. The van der Waals surface area contributed by atoms with Crippen molar-refractivity contribution in [1.82, 2.24) is 0 Å². The molecule has 0 saturated heterocycles. The summed E-state index contributed by atoms with van der Waals surface area (Å²) in [6.07, 6.45) is 0.583. The molecule has 0 spiro atoms. The van der Waals surface area contributed by atoms with Gasteiger partial charge < -0.3 is 10.6 Å². The molecule has 0 heterocycles. The predicted octanol–water partition coefficient (Wildman–Crippen LogP) is 2.20. The smallest absolute Gasteiger partial charge is 0.128 e. The summed E-state index contributed by atoms with van der Waals surface area (Å²) in [5.74, 6) is -0.173. The van der Waals surface area contributed by atoms with Gasteiger partial charge in [-0.2, -0.15) is 0 Å². The van der Waals surface area contributed by atoms with E-state index >= 15 is 0 Å². The van der Waals surface area contributed by atoms with Gasteiger partial charge in [0.2, 0.25) is 0 Å². The third-order valence-corrected chi connectivity index (χ3v) is 2.09. The van der Waals surface area contributed by atoms with Crippen LogP contribution in [-0.4, -0.2) is 20.1 Å². The molecule has 15 heavy (non-hydrogen) atoms. The number of hydrogen-bond acceptors (Lipinski definition) is 2. The lowest BCUT2D eigenvalue weighted by molar-refractivity contribution is 0.596. The van der Waals surface area contributed by atoms with Crippen molar-refractivity contribution in [3.05, 3.63) is 29.6 Å². The van der Waals surface area contributed by atoms with Crippen molar-refractivity contribution < 1.29 is 4.39 Å². The summed E-state index contributed by atoms with van der Waals surface area (Å²) in [4.78, 5) is 1.87. The fourth-order valence-corrected chi connectivity index (χ4v) is 1.33. The van der Waals surface area contributed by atoms with Gasteiger partial charge in [-0.15, -0.1) is 12.4 Å². The van der Waals surface area contributed by atoms with E-state index in [0.717, 1.165) is 5.69 Å². The Hall–Kier alpha value is -0.800. The van der Waals surface area contributed by atoms with Crippen LogP contribution in [0.15, 0.2) is 18.2 Å². The first-order chi connectivity index (χ1) is 6.50. The molecule has 1 aromatic rings. The predicted molar refractivity (Wildman–Crippen MR) is 65.3 cm³/mol. The van der Waals surface area contributed by atoms with Gasteiger partial charge in [0.25, 0.3) is 0 Å². The number of anilines is 1. The fraction of sp³-hybridized carbons (Fsp3) is 0.455. The van der Waals surface area contributed by atoms with E-state index in [0.29, 0.717) is 12.0 Å². The van der Waals surface area contributed by atoms with Gasteiger partial charge in [0.1, 0.15) is 5.82 Å². The van der Waals surface area contributed by atoms with Crippen molar-refractivity contribution in [2.75, 3.05) is 19.0 Å². The maximum atomic E-state index is 13.5. The van der Waals surface area contributed by atoms with Crippen LogP contribution in [0.1, 0.15) is 12.5 Å². The summed E-state index contributed by atoms with van der Waals surface area (Å²) in [6.45, 7) is 1.87. The van der Waals surface area contributed by atoms with Crippen LogP contribution in [0.3, 0.4) is 0 Å². The average Bonchev–Trinajstić information content (AvgIpc) is 2.07. The van der Waals surface area contributed by atoms with Gasteiger partial charge in [-0.3, -0.25) is 0 Å². The highest BCUT2D eigenvalue weighted by molar-refractivity contribution is 5.85. The largest absolute Gasteiger partial charge is 0.378 e. The molecule has 0 saturated carbocycles. The van der Waals surface area contributed by atoms with Crippen LogP contribution < -0.4 is 10.6 Å². The van der Waals surface area contributed by atoms with Crippen LogP contribution in [0.25, 0.3) is 0 Å². The first-order valence-corrected chi connectivity index (χ1v) is 4.72. The lowest BCUT2D eigenvalue weighted by atomic mass is 10.1. The maximum Gasteiger partial charge on any atom is 0.128 e. The van der Waals surface area contributed by atoms with E-state index in [2.05, 4.69) is 0 Å². The van der Waals surface area contributed by atoms with Gasteiger partial charge in [0, 0.05) is 25.8 Å². The number of halogens is 2. The van der Waals surface area contributed by atoms with Crippen molar-refractivity contribution >= 4 is 18.1 Å². The van der Waals surface area contributed by atoms with Crippen molar-refractivity contribution in [2.24, 2.45) is 5.73 Å². The van der Waals surface area contributed by atoms with E-state index in [4.69, 9.17) is 5.73 Å². The van der Waals surface area contributed by atoms with Crippen LogP contribution in [0.4, 0.5) is 10.1 Å². The molecule has 1 unspecified atom stereocenters. The van der Waals surface area contributed by atoms with Gasteiger partial charge in [-0.1, -0.05) is 6.07 Å². The molecule has 0 aliphatic rings. The standard InChI is InChI=1S/C11H17FN2.ClH/c1-8(13)6-9-4-5-10(14(2)3)7-11(9)12;/h4-5,7-8H,6,13H2,1-3H3;1H. The van der Waals surface area contributed by atoms with E-state index < -0.39 is 0 Å². The minimum Gasteiger partial charge on any atom is -0.378 e. The second-order valence-electron chi connectivity index (χ2n) is 3.85. The maximum absolute atomic E-state index is 13.5. The normalized spacial score (nSPS) is 11.8. The molecule has 0 radical (unpaired) electrons. The topological polar surface area (TPSA) is 29.3 Å². The number of nitrogens with two attached hydrogens (primary N) is 1. The Labute approximate surface area is 96.7 Å². The third kappa shape index (κ3) is 4.06. The van der Waals surface area contributed by atoms with E-state index in [9.17, 15) is 4.39 Å². The van der Waals surface area contributed by atoms with Crippen molar-refractivity contribution in [3.63, 3.8) is 0 Å². The molecule has 1 aromatic carbocycles. The average molecular weight is 233 g/mol. The van der Waals surface area contributed by atoms with E-state index in [1.165, 1.54) is 6.07 Å². The van der Waals surface area contributed by atoms with Gasteiger partial charge >= 0.3 is 0 Å². The quantitative estimate of drug-likeness (QED) is 0.866. The highest BCUT2D eigenvalue weighted by atomic mass is 35.5. The molecule has 86 valence electrons. The summed E-state index contributed by atoms with van der Waals surface area (Å²) in [5.41, 5.74) is 7.17. The summed E-state index contributed by atoms with van der Waals surface area (Å²) in [7, 11) is 3.78. The zero-order valence-electron chi connectivity index (χ0n) is 9.33. The molecule has 0 amide bonds. The van der Waals surface area contributed by atoms with Crippen LogP contribution >= 0.6 is 12.4 Å². The number of nitrogens with zero attached hydrogens (tertiary/aromatic N) is 1. The van der Waals surface area contributed by atoms with Gasteiger partial charge in [-0.05, 0) is 31.0 Å². The molecule has 0 aliphatic carbocycles. The van der Waals surface area contributed by atoms with E-state index in [-0.39, 0.29) is 24.3 Å². The Bertz CT molecular complexity index is 313. The molecule has 4 heteroatoms. The lowest BCUT2D eigenvalue weighted by Gasteiger charge is -2.14. The third-order valence-electron chi connectivity index (χ3n) is 2.09. The molecule has 0 fully saturated rings. The molecular weight excluding hydrogens is 215 g/mol. The monoisotopic (exact) mass is 232 g/mol. The molecular formula is C11H18ClFN2. The summed E-state index contributed by atoms with van der Waals surface area (Å²) in [5, 5.41) is 0. The lowest BCUT2D eigenvalue weighted by Crippen LogP contribution is -2.18. The number of rotatable bonds is 3. The highest BCUT2D eigenvalue weighted by Gasteiger charge is 2.06. The second kappa shape index (κ2) is 5.93. The fourth-order valence-electron chi connectivity index (χ4n) is 1.33. The van der Waals surface area contributed by atoms with Crippen LogP contribution in [0, 0.1) is 5.82 Å². The van der Waals surface area contributed by atoms with Crippen LogP contribution in [-0.2, 0) is 6.42 Å². The summed E-state index contributed by atoms with van der Waals surface area (Å²) in [6, 6.07) is 5.24. The Morgan fingerprint density at radius 1 is 1.40 bits per heavy atom. The molecule has 2 nitrogen and oxygen atoms in total. The Morgan fingerprint density at radius 3 is 2.40 bits per heavy atom. The zero-order valence-corrected chi connectivity index (χ0v) is 10.1. The Kier molecular flexibility index (Phi) is 5.61. The highest BCUT2D eigenvalue weighted by Crippen LogP contribution is 2.17. The molecule has 1 rings (SSSR count). The number of benzene rings is 1. The zero-order chi connectivity index (χ0) is 10.7. The van der Waals surface area contributed by atoms with Gasteiger partial charge in [0.15, 0.2) is 0 Å². The van der Waals surface area contributed by atoms with Crippen molar-refractivity contribution in [3.8, 4) is 0 Å². The van der Waals surface area contributed by atoms with Gasteiger partial charge in [-0.25, -0.2) is 4.39 Å². The summed E-state index contributed by atoms with van der Waals surface area (Å²) >= 11 is 0. The van der Waals surface area contributed by atoms with Crippen LogP contribution in [0.2, 0.25) is 0 Å². The molecule has 0 bridgehead atoms. The first-order valence-electron chi connectivity index (χ1n) is 4.72. The van der Waals surface area contributed by atoms with E-state index in [1.54, 1.807) is 6.07 Å². The first kappa shape index (κ1) is 14.2. The Balaban J connectivity index is 0.00000196. The molecule has 0 aromatic heterocycles. The van der Waals surface area contributed by atoms with Crippen molar-refractivity contribution in [2.45, 2.75) is 19.4 Å². The Morgan fingerprint density at radius 2 is 2.00 bits per heavy atom. The molecule has 0 aliphatic heterocycles. The van der Waals surface area contributed by atoms with E-state index in [1.807, 2.05) is 32.0 Å². The second-order valence-corrected chi connectivity index (χ2v) is 3.85. The van der Waals surface area contributed by atoms with Crippen LogP contribution in [0.5, 0.6) is 0 Å². The molecule has 2 N–H and O–H groups in total. The minimum absolute atomic E-state index is 0. The number of hydrogen-bond donors (Lipinski definition) is 1. The minimum atomic E-state index is -0.173. The molecule has 1 atom stereocenters.